The van der Waals surface area contributed by atoms with Gasteiger partial charge in [0.05, 0.1) is 11.7 Å². The summed E-state index contributed by atoms with van der Waals surface area (Å²) in [5.74, 6) is -0.562. The fourth-order valence-corrected chi connectivity index (χ4v) is 2.75. The van der Waals surface area contributed by atoms with Crippen molar-refractivity contribution >= 4 is 23.1 Å². The second-order valence-corrected chi connectivity index (χ2v) is 5.82. The summed E-state index contributed by atoms with van der Waals surface area (Å²) in [6.07, 6.45) is 0. The first-order chi connectivity index (χ1) is 11.1. The summed E-state index contributed by atoms with van der Waals surface area (Å²) >= 11 is 1.58. The van der Waals surface area contributed by atoms with Gasteiger partial charge in [0.1, 0.15) is 17.4 Å². The molecular weight excluding hydrogens is 315 g/mol. The van der Waals surface area contributed by atoms with Crippen molar-refractivity contribution in [3.05, 3.63) is 52.0 Å². The summed E-state index contributed by atoms with van der Waals surface area (Å²) in [6, 6.07) is 9.78. The smallest absolute Gasteiger partial charge is 0.315 e. The Balaban J connectivity index is 1.74. The maximum absolute atomic E-state index is 13.4. The first-order valence-electron chi connectivity index (χ1n) is 7.12. The number of nitrogens with one attached hydrogen (secondary N) is 3. The van der Waals surface area contributed by atoms with E-state index in [0.29, 0.717) is 18.8 Å². The number of thiophene rings is 1. The van der Waals surface area contributed by atoms with Crippen LogP contribution in [0, 0.1) is 17.1 Å². The Morgan fingerprint density at radius 2 is 2.17 bits per heavy atom. The van der Waals surface area contributed by atoms with E-state index in [4.69, 9.17) is 5.26 Å². The normalized spacial score (nSPS) is 11.3. The van der Waals surface area contributed by atoms with E-state index in [1.807, 2.05) is 30.5 Å². The van der Waals surface area contributed by atoms with Gasteiger partial charge < -0.3 is 16.0 Å². The van der Waals surface area contributed by atoms with Crippen molar-refractivity contribution < 1.29 is 9.18 Å². The number of rotatable bonds is 6. The van der Waals surface area contributed by atoms with Crippen molar-refractivity contribution in [2.45, 2.75) is 13.0 Å². The molecule has 0 unspecified atom stereocenters. The predicted octanol–water partition coefficient (Wildman–Crippen LogP) is 3.23. The van der Waals surface area contributed by atoms with E-state index in [-0.39, 0.29) is 17.6 Å². The summed E-state index contributed by atoms with van der Waals surface area (Å²) < 4.78 is 13.4. The van der Waals surface area contributed by atoms with Gasteiger partial charge in [0.25, 0.3) is 0 Å². The number of urea groups is 1. The lowest BCUT2D eigenvalue weighted by Gasteiger charge is -2.14. The molecule has 3 N–H and O–H groups in total. The van der Waals surface area contributed by atoms with Gasteiger partial charge in [0.15, 0.2) is 0 Å². The average molecular weight is 332 g/mol. The van der Waals surface area contributed by atoms with Crippen molar-refractivity contribution in [2.24, 2.45) is 0 Å². The van der Waals surface area contributed by atoms with Crippen molar-refractivity contribution in [1.29, 1.82) is 5.26 Å². The topological polar surface area (TPSA) is 77.0 Å². The van der Waals surface area contributed by atoms with Gasteiger partial charge in [-0.3, -0.25) is 0 Å². The molecule has 120 valence electrons. The van der Waals surface area contributed by atoms with Gasteiger partial charge >= 0.3 is 6.03 Å². The molecule has 0 bridgehead atoms. The highest BCUT2D eigenvalue weighted by atomic mass is 32.1. The number of anilines is 1. The molecule has 0 saturated carbocycles. The van der Waals surface area contributed by atoms with Gasteiger partial charge in [-0.15, -0.1) is 11.3 Å². The Labute approximate surface area is 138 Å². The van der Waals surface area contributed by atoms with E-state index in [1.54, 1.807) is 17.4 Å². The number of carbonyl (C=O) groups excluding carboxylic acids is 1. The summed E-state index contributed by atoms with van der Waals surface area (Å²) in [7, 11) is 0. The molecule has 2 amide bonds. The number of carbonyl (C=O) groups is 1. The Bertz CT molecular complexity index is 697. The van der Waals surface area contributed by atoms with Crippen molar-refractivity contribution in [2.75, 3.05) is 18.4 Å². The molecule has 1 aromatic heterocycles. The zero-order valence-electron chi connectivity index (χ0n) is 12.6. The first kappa shape index (κ1) is 16.8. The molecule has 23 heavy (non-hydrogen) atoms. The zero-order chi connectivity index (χ0) is 16.7. The largest absolute Gasteiger partial charge is 0.382 e. The summed E-state index contributed by atoms with van der Waals surface area (Å²) in [5.41, 5.74) is 0.393. The molecule has 1 atom stereocenters. The lowest BCUT2D eigenvalue weighted by atomic mass is 10.2. The number of nitriles is 1. The Morgan fingerprint density at radius 1 is 1.35 bits per heavy atom. The molecule has 0 saturated heterocycles. The highest BCUT2D eigenvalue weighted by Gasteiger charge is 2.10. The van der Waals surface area contributed by atoms with E-state index in [9.17, 15) is 9.18 Å². The van der Waals surface area contributed by atoms with Crippen molar-refractivity contribution in [3.8, 4) is 6.07 Å². The average Bonchev–Trinajstić information content (AvgIpc) is 3.06. The van der Waals surface area contributed by atoms with Crippen LogP contribution in [0.15, 0.2) is 35.7 Å². The van der Waals surface area contributed by atoms with Gasteiger partial charge in [-0.05, 0) is 30.5 Å². The lowest BCUT2D eigenvalue weighted by molar-refractivity contribution is 0.238. The number of hydrogen-bond acceptors (Lipinski definition) is 4. The molecule has 5 nitrogen and oxygen atoms in total. The molecule has 1 heterocycles. The fourth-order valence-electron chi connectivity index (χ4n) is 2.01. The van der Waals surface area contributed by atoms with Crippen LogP contribution in [-0.4, -0.2) is 19.1 Å². The molecule has 0 fully saturated rings. The maximum Gasteiger partial charge on any atom is 0.315 e. The van der Waals surface area contributed by atoms with Gasteiger partial charge in [-0.2, -0.15) is 5.26 Å². The van der Waals surface area contributed by atoms with Crippen LogP contribution < -0.4 is 16.0 Å². The quantitative estimate of drug-likeness (QED) is 0.711. The fraction of sp³-hybridized carbons (Fsp3) is 0.250. The number of hydrogen-bond donors (Lipinski definition) is 3. The van der Waals surface area contributed by atoms with E-state index in [0.717, 1.165) is 4.88 Å². The van der Waals surface area contributed by atoms with Gasteiger partial charge in [0, 0.05) is 18.0 Å². The van der Waals surface area contributed by atoms with Crippen LogP contribution in [0.25, 0.3) is 0 Å². The summed E-state index contributed by atoms with van der Waals surface area (Å²) in [5, 5.41) is 19.4. The van der Waals surface area contributed by atoms with Crippen LogP contribution in [0.2, 0.25) is 0 Å². The predicted molar refractivity (Wildman–Crippen MR) is 88.9 cm³/mol. The van der Waals surface area contributed by atoms with Crippen LogP contribution >= 0.6 is 11.3 Å². The number of amides is 2. The molecule has 2 rings (SSSR count). The second-order valence-electron chi connectivity index (χ2n) is 4.84. The second kappa shape index (κ2) is 8.15. The summed E-state index contributed by atoms with van der Waals surface area (Å²) in [6.45, 7) is 2.65. The highest BCUT2D eigenvalue weighted by Crippen LogP contribution is 2.18. The molecule has 2 aromatic rings. The van der Waals surface area contributed by atoms with Crippen LogP contribution in [0.3, 0.4) is 0 Å². The number of halogens is 1. The SMILES string of the molecule is C[C@@H](NC(=O)NCCNc1cccc(F)c1C#N)c1cccs1. The van der Waals surface area contributed by atoms with Gasteiger partial charge in [0.2, 0.25) is 0 Å². The van der Waals surface area contributed by atoms with E-state index < -0.39 is 5.82 Å². The molecule has 0 aliphatic rings. The number of nitrogens with zero attached hydrogens (tertiary/aromatic N) is 1. The van der Waals surface area contributed by atoms with Crippen LogP contribution in [0.5, 0.6) is 0 Å². The lowest BCUT2D eigenvalue weighted by Crippen LogP contribution is -2.39. The monoisotopic (exact) mass is 332 g/mol. The van der Waals surface area contributed by atoms with E-state index >= 15 is 0 Å². The number of benzene rings is 1. The molecule has 0 aliphatic carbocycles. The molecule has 0 aliphatic heterocycles. The summed E-state index contributed by atoms with van der Waals surface area (Å²) in [4.78, 5) is 12.9. The van der Waals surface area contributed by atoms with Gasteiger partial charge in [-0.25, -0.2) is 9.18 Å². The third kappa shape index (κ3) is 4.69. The minimum absolute atomic E-state index is 0.0248. The third-order valence-corrected chi connectivity index (χ3v) is 4.22. The van der Waals surface area contributed by atoms with Crippen LogP contribution in [0.1, 0.15) is 23.4 Å². The van der Waals surface area contributed by atoms with Crippen LogP contribution in [-0.2, 0) is 0 Å². The Hall–Kier alpha value is -2.59. The van der Waals surface area contributed by atoms with Crippen molar-refractivity contribution in [3.63, 3.8) is 0 Å². The zero-order valence-corrected chi connectivity index (χ0v) is 13.4. The first-order valence-corrected chi connectivity index (χ1v) is 8.00. The van der Waals surface area contributed by atoms with Crippen LogP contribution in [0.4, 0.5) is 14.9 Å². The molecular formula is C16H17FN4OS. The standard InChI is InChI=1S/C16H17FN4OS/c1-11(15-6-3-9-23-15)21-16(22)20-8-7-19-14-5-2-4-13(17)12(14)10-18/h2-6,9,11,19H,7-8H2,1H3,(H2,20,21,22)/t11-/m1/s1. The van der Waals surface area contributed by atoms with E-state index in [2.05, 4.69) is 16.0 Å². The van der Waals surface area contributed by atoms with E-state index in [1.165, 1.54) is 12.1 Å². The molecule has 0 radical (unpaired) electrons. The molecule has 7 heteroatoms. The van der Waals surface area contributed by atoms with Gasteiger partial charge in [-0.1, -0.05) is 12.1 Å². The molecule has 1 aromatic carbocycles. The Morgan fingerprint density at radius 3 is 2.87 bits per heavy atom. The maximum atomic E-state index is 13.4. The minimum Gasteiger partial charge on any atom is -0.382 e. The third-order valence-electron chi connectivity index (χ3n) is 3.17. The minimum atomic E-state index is -0.562. The Kier molecular flexibility index (Phi) is 5.94. The highest BCUT2D eigenvalue weighted by molar-refractivity contribution is 7.10. The van der Waals surface area contributed by atoms with Crippen molar-refractivity contribution in [1.82, 2.24) is 10.6 Å². The molecule has 0 spiro atoms.